The van der Waals surface area contributed by atoms with Crippen LogP contribution in [0.4, 0.5) is 9.59 Å². The van der Waals surface area contributed by atoms with E-state index in [9.17, 15) is 9.59 Å². The van der Waals surface area contributed by atoms with E-state index in [-0.39, 0.29) is 13.5 Å². The van der Waals surface area contributed by atoms with E-state index in [1.807, 2.05) is 0 Å². The van der Waals surface area contributed by atoms with Crippen LogP contribution in [0, 0.1) is 0 Å². The molecule has 2 rings (SSSR count). The molecule has 2 fully saturated rings. The van der Waals surface area contributed by atoms with Gasteiger partial charge in [-0.1, -0.05) is 7.43 Å². The summed E-state index contributed by atoms with van der Waals surface area (Å²) in [7, 11) is 2.86. The minimum Gasteiger partial charge on any atom is -0.376 e. The van der Waals surface area contributed by atoms with Gasteiger partial charge in [-0.2, -0.15) is 0 Å². The van der Waals surface area contributed by atoms with Crippen LogP contribution in [0.25, 0.3) is 0 Å². The quantitative estimate of drug-likeness (QED) is 0.206. The van der Waals surface area contributed by atoms with Crippen molar-refractivity contribution >= 4 is 49.3 Å². The Morgan fingerprint density at radius 3 is 1.16 bits per heavy atom. The standard InChI is InChI=1S/C5H10N2O5.C5H10N2O3.CH4.I2/c8-1-6-3(10)4(11)7(2-9)5(6)12;1-6-3(8)4(9)7(2)5(6)10;;1-2/h3-4,8-11H,1-2H2;3-4,8-9H,1-2H3;1H4;. The average molecular weight is 594 g/mol. The van der Waals surface area contributed by atoms with Gasteiger partial charge in [-0.25, -0.2) is 9.59 Å². The second kappa shape index (κ2) is 12.2. The molecule has 14 heteroatoms. The summed E-state index contributed by atoms with van der Waals surface area (Å²) in [6.45, 7) is -1.40. The van der Waals surface area contributed by atoms with E-state index in [1.165, 1.54) is 14.1 Å². The van der Waals surface area contributed by atoms with Crippen LogP contribution in [0.5, 0.6) is 0 Å². The fraction of sp³-hybridized carbons (Fsp3) is 0.818. The van der Waals surface area contributed by atoms with Gasteiger partial charge in [0.2, 0.25) is 0 Å². The molecule has 150 valence electrons. The number of hydrogen-bond acceptors (Lipinski definition) is 8. The predicted molar refractivity (Wildman–Crippen MR) is 103 cm³/mol. The Morgan fingerprint density at radius 1 is 0.760 bits per heavy atom. The Balaban J connectivity index is 0. The van der Waals surface area contributed by atoms with Gasteiger partial charge < -0.3 is 30.6 Å². The van der Waals surface area contributed by atoms with Crippen molar-refractivity contribution in [2.24, 2.45) is 0 Å². The first-order valence-electron chi connectivity index (χ1n) is 6.34. The molecule has 6 N–H and O–H groups in total. The summed E-state index contributed by atoms with van der Waals surface area (Å²) >= 11 is 4.24. The second-order valence-electron chi connectivity index (χ2n) is 4.66. The van der Waals surface area contributed by atoms with Crippen LogP contribution in [0.2, 0.25) is 0 Å². The molecule has 2 heterocycles. The Hall–Kier alpha value is -0.240. The van der Waals surface area contributed by atoms with Crippen molar-refractivity contribution in [1.29, 1.82) is 0 Å². The van der Waals surface area contributed by atoms with Crippen molar-refractivity contribution in [2.45, 2.75) is 32.3 Å². The van der Waals surface area contributed by atoms with Gasteiger partial charge in [0.1, 0.15) is 13.5 Å². The SMILES string of the molecule is C.CN1C(=O)N(C)C(O)C1O.II.O=C1N(CO)C(O)C(O)N1CO. The molecule has 0 bridgehead atoms. The van der Waals surface area contributed by atoms with Gasteiger partial charge in [0, 0.05) is 51.3 Å². The fourth-order valence-electron chi connectivity index (χ4n) is 1.88. The minimum absolute atomic E-state index is 0. The third kappa shape index (κ3) is 5.88. The second-order valence-corrected chi connectivity index (χ2v) is 4.66. The molecule has 0 aliphatic carbocycles. The van der Waals surface area contributed by atoms with Gasteiger partial charge in [-0.3, -0.25) is 19.6 Å². The van der Waals surface area contributed by atoms with E-state index in [0.717, 1.165) is 9.80 Å². The van der Waals surface area contributed by atoms with Gasteiger partial charge in [-0.05, 0) is 0 Å². The summed E-state index contributed by atoms with van der Waals surface area (Å²) in [5.74, 6) is 0. The molecule has 0 radical (unpaired) electrons. The van der Waals surface area contributed by atoms with Crippen molar-refractivity contribution in [2.75, 3.05) is 27.6 Å². The van der Waals surface area contributed by atoms with Crippen LogP contribution in [-0.4, -0.2) is 115 Å². The van der Waals surface area contributed by atoms with Crippen molar-refractivity contribution in [3.05, 3.63) is 0 Å². The summed E-state index contributed by atoms with van der Waals surface area (Å²) in [6.07, 6.45) is -5.18. The first-order chi connectivity index (χ1) is 11.2. The van der Waals surface area contributed by atoms with E-state index in [1.54, 1.807) is 0 Å². The molecule has 4 unspecified atom stereocenters. The zero-order chi connectivity index (χ0) is 19.2. The third-order valence-electron chi connectivity index (χ3n) is 3.37. The van der Waals surface area contributed by atoms with Crippen LogP contribution in [-0.2, 0) is 0 Å². The van der Waals surface area contributed by atoms with Crippen LogP contribution >= 0.6 is 37.2 Å². The average Bonchev–Trinajstić information content (AvgIpc) is 2.90. The van der Waals surface area contributed by atoms with Gasteiger partial charge in [-0.15, -0.1) is 0 Å². The lowest BCUT2D eigenvalue weighted by atomic mass is 10.5. The van der Waals surface area contributed by atoms with Crippen molar-refractivity contribution < 1.29 is 40.2 Å². The smallest absolute Gasteiger partial charge is 0.328 e. The van der Waals surface area contributed by atoms with Gasteiger partial charge >= 0.3 is 12.1 Å². The zero-order valence-electron chi connectivity index (χ0n) is 12.8. The zero-order valence-corrected chi connectivity index (χ0v) is 17.1. The summed E-state index contributed by atoms with van der Waals surface area (Å²) in [6, 6.07) is -1.18. The number of halogens is 2. The number of carbonyl (C=O) groups is 2. The number of aliphatic hydroxyl groups is 6. The molecular formula is C11H24I2N4O8. The molecule has 0 aromatic rings. The maximum atomic E-state index is 11.0. The highest BCUT2D eigenvalue weighted by atomic mass is 128. The fourth-order valence-corrected chi connectivity index (χ4v) is 1.88. The predicted octanol–water partition coefficient (Wildman–Crippen LogP) is -1.71. The van der Waals surface area contributed by atoms with E-state index in [2.05, 4.69) is 37.2 Å². The Morgan fingerprint density at radius 2 is 1.04 bits per heavy atom. The van der Waals surface area contributed by atoms with E-state index < -0.39 is 44.4 Å². The highest BCUT2D eigenvalue weighted by Crippen LogP contribution is 2.17. The number of rotatable bonds is 2. The van der Waals surface area contributed by atoms with Crippen LogP contribution in [0.3, 0.4) is 0 Å². The van der Waals surface area contributed by atoms with Crippen LogP contribution in [0.15, 0.2) is 0 Å². The normalized spacial score (nSPS) is 28.2. The largest absolute Gasteiger partial charge is 0.376 e. The van der Waals surface area contributed by atoms with Crippen LogP contribution < -0.4 is 0 Å². The number of likely N-dealkylation sites (N-methyl/N-ethyl adjacent to an activating group) is 2. The number of urea groups is 2. The molecule has 0 saturated carbocycles. The lowest BCUT2D eigenvalue weighted by Crippen LogP contribution is -2.37. The summed E-state index contributed by atoms with van der Waals surface area (Å²) in [5.41, 5.74) is 0. The molecule has 2 aliphatic heterocycles. The maximum absolute atomic E-state index is 11.0. The van der Waals surface area contributed by atoms with E-state index in [0.29, 0.717) is 9.80 Å². The number of hydrogen-bond donors (Lipinski definition) is 6. The molecule has 0 spiro atoms. The summed E-state index contributed by atoms with van der Waals surface area (Å²) < 4.78 is 0. The van der Waals surface area contributed by atoms with Crippen molar-refractivity contribution in [1.82, 2.24) is 19.6 Å². The van der Waals surface area contributed by atoms with Crippen molar-refractivity contribution in [3.8, 4) is 0 Å². The van der Waals surface area contributed by atoms with E-state index >= 15 is 0 Å². The molecule has 4 amide bonds. The first-order valence-corrected chi connectivity index (χ1v) is 12.6. The van der Waals surface area contributed by atoms with Gasteiger partial charge in [0.15, 0.2) is 24.9 Å². The Kier molecular flexibility index (Phi) is 13.2. The molecule has 25 heavy (non-hydrogen) atoms. The molecule has 0 aromatic carbocycles. The maximum Gasteiger partial charge on any atom is 0.328 e. The highest BCUT2D eigenvalue weighted by Gasteiger charge is 2.43. The van der Waals surface area contributed by atoms with Crippen LogP contribution in [0.1, 0.15) is 7.43 Å². The molecule has 0 aromatic heterocycles. The minimum atomic E-state index is -1.49. The summed E-state index contributed by atoms with van der Waals surface area (Å²) in [4.78, 5) is 25.3. The monoisotopic (exact) mass is 594 g/mol. The lowest BCUT2D eigenvalue weighted by molar-refractivity contribution is -0.0924. The number of aliphatic hydroxyl groups excluding tert-OH is 6. The number of carbonyl (C=O) groups excluding carboxylic acids is 2. The Bertz CT molecular complexity index is 401. The molecular weight excluding hydrogens is 570 g/mol. The molecule has 2 saturated heterocycles. The number of nitrogens with zero attached hydrogens (tertiary/aromatic N) is 4. The number of amides is 4. The first kappa shape index (κ1) is 27.0. The highest BCUT2D eigenvalue weighted by molar-refractivity contribution is 15.0. The van der Waals surface area contributed by atoms with E-state index in [4.69, 9.17) is 30.6 Å². The molecule has 12 nitrogen and oxygen atoms in total. The molecule has 2 aliphatic rings. The topological polar surface area (TPSA) is 168 Å². The van der Waals surface area contributed by atoms with Gasteiger partial charge in [0.05, 0.1) is 0 Å². The lowest BCUT2D eigenvalue weighted by Gasteiger charge is -2.15. The van der Waals surface area contributed by atoms with Gasteiger partial charge in [0.25, 0.3) is 0 Å². The summed E-state index contributed by atoms with van der Waals surface area (Å²) in [5, 5.41) is 53.3. The third-order valence-corrected chi connectivity index (χ3v) is 3.37. The molecule has 4 atom stereocenters. The Labute approximate surface area is 168 Å². The van der Waals surface area contributed by atoms with Crippen molar-refractivity contribution in [3.63, 3.8) is 0 Å².